The number of methoxy groups -OCH3 is 2. The molecule has 1 aliphatic rings. The lowest BCUT2D eigenvalue weighted by atomic mass is 9.93. The largest absolute Gasteiger partial charge is 0.497 e. The molecule has 2 aromatic rings. The van der Waals surface area contributed by atoms with Crippen LogP contribution in [-0.4, -0.2) is 37.6 Å². The lowest BCUT2D eigenvalue weighted by Crippen LogP contribution is -2.51. The Morgan fingerprint density at radius 1 is 1.04 bits per heavy atom. The Balaban J connectivity index is 1.80. The van der Waals surface area contributed by atoms with E-state index in [-0.39, 0.29) is 11.9 Å². The van der Waals surface area contributed by atoms with E-state index in [2.05, 4.69) is 12.2 Å². The van der Waals surface area contributed by atoms with Crippen LogP contribution in [0.2, 0.25) is 0 Å². The summed E-state index contributed by atoms with van der Waals surface area (Å²) < 4.78 is 10.6. The Labute approximate surface area is 167 Å². The van der Waals surface area contributed by atoms with E-state index in [1.54, 1.807) is 14.2 Å². The van der Waals surface area contributed by atoms with Gasteiger partial charge in [0, 0.05) is 12.7 Å². The van der Waals surface area contributed by atoms with E-state index in [0.29, 0.717) is 0 Å². The summed E-state index contributed by atoms with van der Waals surface area (Å²) in [5.74, 6) is 1.74. The third-order valence-electron chi connectivity index (χ3n) is 5.82. The average molecular weight is 383 g/mol. The molecule has 28 heavy (non-hydrogen) atoms. The number of nitrogens with one attached hydrogen (secondary N) is 1. The first-order valence-electron chi connectivity index (χ1n) is 9.82. The molecule has 0 spiro atoms. The second-order valence-corrected chi connectivity index (χ2v) is 7.51. The van der Waals surface area contributed by atoms with Gasteiger partial charge in [-0.25, -0.2) is 0 Å². The fourth-order valence-corrected chi connectivity index (χ4v) is 3.96. The minimum Gasteiger partial charge on any atom is -0.497 e. The molecule has 0 saturated heterocycles. The summed E-state index contributed by atoms with van der Waals surface area (Å²) in [7, 11) is 5.20. The third kappa shape index (κ3) is 4.08. The van der Waals surface area contributed by atoms with E-state index in [1.807, 2.05) is 60.5 Å². The van der Waals surface area contributed by atoms with Gasteiger partial charge in [-0.3, -0.25) is 4.79 Å². The number of rotatable bonds is 7. The number of nitrogens with zero attached hydrogens (tertiary/aromatic N) is 1. The summed E-state index contributed by atoms with van der Waals surface area (Å²) in [6, 6.07) is 15.6. The molecule has 0 radical (unpaired) electrons. The molecule has 1 amide bonds. The second-order valence-electron chi connectivity index (χ2n) is 7.51. The molecular formula is C23H30N2O3. The van der Waals surface area contributed by atoms with Crippen molar-refractivity contribution in [1.29, 1.82) is 0 Å². The van der Waals surface area contributed by atoms with Crippen LogP contribution in [0.15, 0.2) is 48.5 Å². The number of likely N-dealkylation sites (N-methyl/N-ethyl adjacent to an activating group) is 1. The topological polar surface area (TPSA) is 50.8 Å². The van der Waals surface area contributed by atoms with Crippen molar-refractivity contribution in [3.63, 3.8) is 0 Å². The van der Waals surface area contributed by atoms with Crippen LogP contribution in [0.25, 0.3) is 0 Å². The van der Waals surface area contributed by atoms with Gasteiger partial charge >= 0.3 is 0 Å². The maximum absolute atomic E-state index is 13.6. The number of carbonyl (C=O) groups is 1. The maximum atomic E-state index is 13.6. The van der Waals surface area contributed by atoms with Crippen molar-refractivity contribution in [2.24, 2.45) is 0 Å². The fourth-order valence-electron chi connectivity index (χ4n) is 3.96. The maximum Gasteiger partial charge on any atom is 0.248 e. The van der Waals surface area contributed by atoms with Gasteiger partial charge in [-0.05, 0) is 61.7 Å². The molecule has 0 heterocycles. The smallest absolute Gasteiger partial charge is 0.248 e. The summed E-state index contributed by atoms with van der Waals surface area (Å²) in [6.07, 6.45) is 3.78. The SMILES string of the molecule is COc1ccc(NC2(C(=O)N(C)C(C)c3cccc(OC)c3)CCCC2)cc1. The van der Waals surface area contributed by atoms with Crippen LogP contribution >= 0.6 is 0 Å². The zero-order valence-electron chi connectivity index (χ0n) is 17.2. The summed E-state index contributed by atoms with van der Waals surface area (Å²) in [5.41, 5.74) is 1.45. The van der Waals surface area contributed by atoms with Gasteiger partial charge in [0.25, 0.3) is 0 Å². The van der Waals surface area contributed by atoms with Crippen molar-refractivity contribution in [2.75, 3.05) is 26.6 Å². The zero-order chi connectivity index (χ0) is 20.1. The van der Waals surface area contributed by atoms with Crippen LogP contribution in [0.5, 0.6) is 11.5 Å². The molecule has 1 unspecified atom stereocenters. The van der Waals surface area contributed by atoms with Crippen LogP contribution in [0.4, 0.5) is 5.69 Å². The lowest BCUT2D eigenvalue weighted by Gasteiger charge is -2.37. The van der Waals surface area contributed by atoms with E-state index in [9.17, 15) is 4.79 Å². The number of benzene rings is 2. The number of hydrogen-bond acceptors (Lipinski definition) is 4. The van der Waals surface area contributed by atoms with Gasteiger partial charge in [0.1, 0.15) is 17.0 Å². The predicted molar refractivity (Wildman–Crippen MR) is 112 cm³/mol. The second kappa shape index (κ2) is 8.55. The minimum absolute atomic E-state index is 0.0438. The molecule has 1 fully saturated rings. The van der Waals surface area contributed by atoms with E-state index in [1.165, 1.54) is 0 Å². The van der Waals surface area contributed by atoms with E-state index < -0.39 is 5.54 Å². The highest BCUT2D eigenvalue weighted by Gasteiger charge is 2.43. The number of amides is 1. The number of anilines is 1. The molecule has 1 N–H and O–H groups in total. The van der Waals surface area contributed by atoms with Crippen molar-refractivity contribution < 1.29 is 14.3 Å². The Bertz CT molecular complexity index is 798. The number of carbonyl (C=O) groups excluding carboxylic acids is 1. The molecule has 1 saturated carbocycles. The Morgan fingerprint density at radius 3 is 2.29 bits per heavy atom. The monoisotopic (exact) mass is 382 g/mol. The summed E-state index contributed by atoms with van der Waals surface area (Å²) >= 11 is 0. The highest BCUT2D eigenvalue weighted by molar-refractivity contribution is 5.90. The minimum atomic E-state index is -0.559. The van der Waals surface area contributed by atoms with Gasteiger partial charge in [-0.15, -0.1) is 0 Å². The van der Waals surface area contributed by atoms with Crippen molar-refractivity contribution in [1.82, 2.24) is 4.90 Å². The normalized spacial score (nSPS) is 16.3. The van der Waals surface area contributed by atoms with Crippen LogP contribution in [0.1, 0.15) is 44.2 Å². The van der Waals surface area contributed by atoms with Gasteiger partial charge in [0.05, 0.1) is 20.3 Å². The van der Waals surface area contributed by atoms with Crippen LogP contribution in [0, 0.1) is 0 Å². The first-order valence-corrected chi connectivity index (χ1v) is 9.82. The first-order chi connectivity index (χ1) is 13.5. The molecule has 1 atom stereocenters. The van der Waals surface area contributed by atoms with Gasteiger partial charge in [-0.2, -0.15) is 0 Å². The number of ether oxygens (including phenoxy) is 2. The quantitative estimate of drug-likeness (QED) is 0.757. The molecule has 5 heteroatoms. The van der Waals surface area contributed by atoms with Gasteiger partial charge in [0.2, 0.25) is 5.91 Å². The molecule has 0 aromatic heterocycles. The van der Waals surface area contributed by atoms with Gasteiger partial charge < -0.3 is 19.7 Å². The lowest BCUT2D eigenvalue weighted by molar-refractivity contribution is -0.136. The third-order valence-corrected chi connectivity index (χ3v) is 5.82. The molecule has 0 bridgehead atoms. The fraction of sp³-hybridized carbons (Fsp3) is 0.435. The first kappa shape index (κ1) is 20.1. The van der Waals surface area contributed by atoms with E-state index >= 15 is 0 Å². The Hall–Kier alpha value is -2.69. The summed E-state index contributed by atoms with van der Waals surface area (Å²) in [6.45, 7) is 2.06. The molecule has 0 aliphatic heterocycles. The molecular weight excluding hydrogens is 352 g/mol. The zero-order valence-corrected chi connectivity index (χ0v) is 17.2. The molecule has 5 nitrogen and oxygen atoms in total. The van der Waals surface area contributed by atoms with Crippen molar-refractivity contribution in [3.8, 4) is 11.5 Å². The highest BCUT2D eigenvalue weighted by atomic mass is 16.5. The molecule has 150 valence electrons. The van der Waals surface area contributed by atoms with Crippen LogP contribution in [-0.2, 0) is 4.79 Å². The van der Waals surface area contributed by atoms with E-state index in [0.717, 1.165) is 48.4 Å². The van der Waals surface area contributed by atoms with E-state index in [4.69, 9.17) is 9.47 Å². The average Bonchev–Trinajstić information content (AvgIpc) is 3.22. The van der Waals surface area contributed by atoms with Crippen LogP contribution < -0.4 is 14.8 Å². The highest BCUT2D eigenvalue weighted by Crippen LogP contribution is 2.37. The Kier molecular flexibility index (Phi) is 6.12. The van der Waals surface area contributed by atoms with Crippen molar-refractivity contribution >= 4 is 11.6 Å². The van der Waals surface area contributed by atoms with Crippen molar-refractivity contribution in [3.05, 3.63) is 54.1 Å². The molecule has 3 rings (SSSR count). The van der Waals surface area contributed by atoms with Gasteiger partial charge in [-0.1, -0.05) is 25.0 Å². The standard InChI is InChI=1S/C23H30N2O3/c1-17(18-8-7-9-21(16-18)28-4)25(2)22(26)23(14-5-6-15-23)24-19-10-12-20(27-3)13-11-19/h7-13,16-17,24H,5-6,14-15H2,1-4H3. The van der Waals surface area contributed by atoms with Gasteiger partial charge in [0.15, 0.2) is 0 Å². The summed E-state index contributed by atoms with van der Waals surface area (Å²) in [4.78, 5) is 15.4. The van der Waals surface area contributed by atoms with Crippen molar-refractivity contribution in [2.45, 2.75) is 44.2 Å². The molecule has 1 aliphatic carbocycles. The molecule has 2 aromatic carbocycles. The number of hydrogen-bond donors (Lipinski definition) is 1. The predicted octanol–water partition coefficient (Wildman–Crippen LogP) is 4.65. The summed E-state index contributed by atoms with van der Waals surface area (Å²) in [5, 5.41) is 3.54. The Morgan fingerprint density at radius 2 is 1.68 bits per heavy atom. The van der Waals surface area contributed by atoms with Crippen LogP contribution in [0.3, 0.4) is 0 Å².